The molecule has 0 aliphatic heterocycles. The molecule has 0 bridgehead atoms. The molecule has 0 aliphatic carbocycles. The van der Waals surface area contributed by atoms with E-state index in [0.717, 1.165) is 32.3 Å². The molecule has 3 aromatic rings. The van der Waals surface area contributed by atoms with Crippen LogP contribution in [0.25, 0.3) is 21.7 Å². The predicted molar refractivity (Wildman–Crippen MR) is 79.4 cm³/mol. The van der Waals surface area contributed by atoms with E-state index in [1.807, 2.05) is 42.6 Å². The van der Waals surface area contributed by atoms with Crippen molar-refractivity contribution >= 4 is 28.8 Å². The number of hydrogen-bond acceptors (Lipinski definition) is 4. The molecule has 0 saturated heterocycles. The van der Waals surface area contributed by atoms with Gasteiger partial charge in [-0.2, -0.15) is 0 Å². The maximum Gasteiger partial charge on any atom is 0.231 e. The Morgan fingerprint density at radius 2 is 2.16 bits per heavy atom. The van der Waals surface area contributed by atoms with Gasteiger partial charge in [0, 0.05) is 15.5 Å². The molecular weight excluding hydrogens is 280 g/mol. The summed E-state index contributed by atoms with van der Waals surface area (Å²) >= 11 is 7.65. The number of nitrogens with zero attached hydrogens (tertiary/aromatic N) is 1. The zero-order valence-corrected chi connectivity index (χ0v) is 11.8. The van der Waals surface area contributed by atoms with Gasteiger partial charge in [0.25, 0.3) is 0 Å². The van der Waals surface area contributed by atoms with E-state index in [1.165, 1.54) is 0 Å². The molecule has 0 atom stereocenters. The number of aromatic nitrogens is 1. The number of benzene rings is 1. The Labute approximate surface area is 119 Å². The fourth-order valence-electron chi connectivity index (χ4n) is 1.95. The largest absolute Gasteiger partial charge is 0.367 e. The normalized spacial score (nSPS) is 10.8. The van der Waals surface area contributed by atoms with E-state index in [0.29, 0.717) is 5.88 Å². The number of halogens is 1. The van der Waals surface area contributed by atoms with Crippen molar-refractivity contribution in [2.24, 2.45) is 0 Å². The van der Waals surface area contributed by atoms with E-state index in [2.05, 4.69) is 5.16 Å². The number of hydrogen-bond donors (Lipinski definition) is 1. The van der Waals surface area contributed by atoms with Gasteiger partial charge in [0.1, 0.15) is 5.69 Å². The van der Waals surface area contributed by atoms with Crippen LogP contribution in [0, 0.1) is 6.92 Å². The van der Waals surface area contributed by atoms with Gasteiger partial charge in [0.05, 0.1) is 5.56 Å². The summed E-state index contributed by atoms with van der Waals surface area (Å²) < 4.78 is 5.15. The minimum Gasteiger partial charge on any atom is -0.367 e. The maximum atomic E-state index is 6.05. The lowest BCUT2D eigenvalue weighted by atomic mass is 10.0. The summed E-state index contributed by atoms with van der Waals surface area (Å²) in [5.41, 5.74) is 9.43. The van der Waals surface area contributed by atoms with Crippen molar-refractivity contribution < 1.29 is 4.52 Å². The molecule has 0 fully saturated rings. The number of thiophene rings is 1. The van der Waals surface area contributed by atoms with Crippen molar-refractivity contribution in [1.29, 1.82) is 0 Å². The third-order valence-electron chi connectivity index (χ3n) is 2.92. The second kappa shape index (κ2) is 4.72. The van der Waals surface area contributed by atoms with Crippen molar-refractivity contribution in [2.75, 3.05) is 5.73 Å². The Morgan fingerprint density at radius 3 is 2.84 bits per heavy atom. The Morgan fingerprint density at radius 1 is 1.32 bits per heavy atom. The van der Waals surface area contributed by atoms with E-state index in [1.54, 1.807) is 11.3 Å². The molecule has 5 heteroatoms. The Kier molecular flexibility index (Phi) is 3.05. The average molecular weight is 291 g/mol. The van der Waals surface area contributed by atoms with Gasteiger partial charge >= 0.3 is 0 Å². The summed E-state index contributed by atoms with van der Waals surface area (Å²) in [6.07, 6.45) is 0. The summed E-state index contributed by atoms with van der Waals surface area (Å²) in [7, 11) is 0. The molecule has 0 aliphatic rings. The average Bonchev–Trinajstić information content (AvgIpc) is 3.01. The molecule has 0 spiro atoms. The lowest BCUT2D eigenvalue weighted by molar-refractivity contribution is 0.439. The van der Waals surface area contributed by atoms with E-state index >= 15 is 0 Å². The molecule has 3 rings (SSSR count). The second-order valence-electron chi connectivity index (χ2n) is 4.21. The second-order valence-corrected chi connectivity index (χ2v) is 5.57. The molecule has 0 saturated carbocycles. The Balaban J connectivity index is 2.18. The quantitative estimate of drug-likeness (QED) is 0.749. The van der Waals surface area contributed by atoms with Crippen LogP contribution in [0.1, 0.15) is 5.56 Å². The zero-order chi connectivity index (χ0) is 13.4. The van der Waals surface area contributed by atoms with Gasteiger partial charge in [-0.3, -0.25) is 0 Å². The monoisotopic (exact) mass is 290 g/mol. The van der Waals surface area contributed by atoms with Crippen LogP contribution in [0.2, 0.25) is 5.02 Å². The molecule has 2 aromatic heterocycles. The number of aryl methyl sites for hydroxylation is 1. The van der Waals surface area contributed by atoms with Crippen LogP contribution >= 0.6 is 22.9 Å². The SMILES string of the molecule is Cc1cc(-c2noc(N)c2-c2cccs2)ccc1Cl. The molecule has 1 aromatic carbocycles. The first-order valence-electron chi connectivity index (χ1n) is 5.72. The highest BCUT2D eigenvalue weighted by atomic mass is 35.5. The van der Waals surface area contributed by atoms with E-state index < -0.39 is 0 Å². The summed E-state index contributed by atoms with van der Waals surface area (Å²) in [6.45, 7) is 1.96. The third kappa shape index (κ3) is 2.13. The van der Waals surface area contributed by atoms with Crippen LogP contribution < -0.4 is 5.73 Å². The van der Waals surface area contributed by atoms with Crippen molar-refractivity contribution in [3.05, 3.63) is 46.3 Å². The van der Waals surface area contributed by atoms with Gasteiger partial charge in [-0.15, -0.1) is 11.3 Å². The molecule has 0 amide bonds. The van der Waals surface area contributed by atoms with Crippen LogP contribution in [0.5, 0.6) is 0 Å². The molecule has 2 N–H and O–H groups in total. The van der Waals surface area contributed by atoms with Gasteiger partial charge in [0.2, 0.25) is 5.88 Å². The summed E-state index contributed by atoms with van der Waals surface area (Å²) in [5.74, 6) is 0.338. The molecule has 96 valence electrons. The number of rotatable bonds is 2. The standard InChI is InChI=1S/C14H11ClN2OS/c1-8-7-9(4-5-10(8)15)13-12(14(16)18-17-13)11-3-2-6-19-11/h2-7H,16H2,1H3. The van der Waals surface area contributed by atoms with E-state index in [4.69, 9.17) is 21.9 Å². The van der Waals surface area contributed by atoms with Crippen molar-refractivity contribution in [1.82, 2.24) is 5.16 Å². The topological polar surface area (TPSA) is 52.0 Å². The van der Waals surface area contributed by atoms with Gasteiger partial charge in [-0.25, -0.2) is 0 Å². The highest BCUT2D eigenvalue weighted by Gasteiger charge is 2.18. The molecule has 2 heterocycles. The lowest BCUT2D eigenvalue weighted by Gasteiger charge is -2.03. The molecule has 0 unspecified atom stereocenters. The minimum absolute atomic E-state index is 0.338. The van der Waals surface area contributed by atoms with Crippen LogP contribution in [-0.2, 0) is 0 Å². The first-order chi connectivity index (χ1) is 9.16. The van der Waals surface area contributed by atoms with Crippen LogP contribution in [0.15, 0.2) is 40.2 Å². The zero-order valence-electron chi connectivity index (χ0n) is 10.2. The first-order valence-corrected chi connectivity index (χ1v) is 6.98. The summed E-state index contributed by atoms with van der Waals surface area (Å²) in [5, 5.41) is 6.81. The molecule has 3 nitrogen and oxygen atoms in total. The van der Waals surface area contributed by atoms with Gasteiger partial charge in [-0.05, 0) is 36.1 Å². The first kappa shape index (κ1) is 12.3. The predicted octanol–water partition coefficient (Wildman–Crippen LogP) is 4.61. The highest BCUT2D eigenvalue weighted by Crippen LogP contribution is 2.39. The molecule has 19 heavy (non-hydrogen) atoms. The fraction of sp³-hybridized carbons (Fsp3) is 0.0714. The molecule has 0 radical (unpaired) electrons. The van der Waals surface area contributed by atoms with Gasteiger partial charge in [-0.1, -0.05) is 28.9 Å². The minimum atomic E-state index is 0.338. The van der Waals surface area contributed by atoms with Crippen molar-refractivity contribution in [2.45, 2.75) is 6.92 Å². The van der Waals surface area contributed by atoms with Gasteiger partial charge < -0.3 is 10.3 Å². The van der Waals surface area contributed by atoms with E-state index in [9.17, 15) is 0 Å². The fourth-order valence-corrected chi connectivity index (χ4v) is 2.84. The number of anilines is 1. The Bertz CT molecular complexity index is 719. The highest BCUT2D eigenvalue weighted by molar-refractivity contribution is 7.13. The smallest absolute Gasteiger partial charge is 0.231 e. The van der Waals surface area contributed by atoms with Crippen LogP contribution in [0.4, 0.5) is 5.88 Å². The molecular formula is C14H11ClN2OS. The Hall–Kier alpha value is -1.78. The van der Waals surface area contributed by atoms with Crippen LogP contribution in [0.3, 0.4) is 0 Å². The number of nitrogens with two attached hydrogens (primary N) is 1. The third-order valence-corrected chi connectivity index (χ3v) is 4.23. The summed E-state index contributed by atoms with van der Waals surface area (Å²) in [4.78, 5) is 1.04. The van der Waals surface area contributed by atoms with Crippen LogP contribution in [-0.4, -0.2) is 5.16 Å². The lowest BCUT2D eigenvalue weighted by Crippen LogP contribution is -1.86. The van der Waals surface area contributed by atoms with E-state index in [-0.39, 0.29) is 0 Å². The van der Waals surface area contributed by atoms with Gasteiger partial charge in [0.15, 0.2) is 0 Å². The van der Waals surface area contributed by atoms with Crippen molar-refractivity contribution in [3.63, 3.8) is 0 Å². The maximum absolute atomic E-state index is 6.05. The summed E-state index contributed by atoms with van der Waals surface area (Å²) in [6, 6.07) is 9.74. The number of nitrogen functional groups attached to an aromatic ring is 1. The van der Waals surface area contributed by atoms with Crippen molar-refractivity contribution in [3.8, 4) is 21.7 Å².